The SMILES string of the molecule is CC(=O)C(N=Nc1cc(C(=O)Nc2ccccc2CCCl)ccc1Cl)C(=O)Nc1ccc(NC(=O)C(N=Nc2cc(C(=O)Nc3ccccc3CCCl)ccc2Cl)C(C)=O)cc1. The van der Waals surface area contributed by atoms with Gasteiger partial charge in [0.1, 0.15) is 11.4 Å². The number of azo groups is 2. The molecule has 14 nitrogen and oxygen atoms in total. The van der Waals surface area contributed by atoms with Crippen LogP contribution < -0.4 is 21.3 Å². The molecule has 5 rings (SSSR count). The molecule has 62 heavy (non-hydrogen) atoms. The first-order valence-electron chi connectivity index (χ1n) is 18.8. The van der Waals surface area contributed by atoms with Crippen molar-refractivity contribution >= 4 is 116 Å². The number of nitrogens with zero attached hydrogens (tertiary/aromatic N) is 4. The molecule has 0 radical (unpaired) electrons. The number of hydrogen-bond acceptors (Lipinski definition) is 10. The van der Waals surface area contributed by atoms with E-state index in [1.54, 1.807) is 24.3 Å². The Kier molecular flexibility index (Phi) is 17.0. The van der Waals surface area contributed by atoms with E-state index < -0.39 is 47.3 Å². The van der Waals surface area contributed by atoms with Crippen LogP contribution in [0.3, 0.4) is 0 Å². The smallest absolute Gasteiger partial charge is 0.258 e. The monoisotopic (exact) mass is 914 g/mol. The Balaban J connectivity index is 1.21. The van der Waals surface area contributed by atoms with E-state index in [4.69, 9.17) is 46.4 Å². The molecule has 0 aliphatic rings. The lowest BCUT2D eigenvalue weighted by atomic mass is 10.1. The second-order valence-electron chi connectivity index (χ2n) is 13.4. The summed E-state index contributed by atoms with van der Waals surface area (Å²) >= 11 is 24.5. The van der Waals surface area contributed by atoms with Crippen molar-refractivity contribution in [2.24, 2.45) is 20.5 Å². The minimum absolute atomic E-state index is 0.0518. The highest BCUT2D eigenvalue weighted by atomic mass is 35.5. The van der Waals surface area contributed by atoms with Crippen LogP contribution in [0.25, 0.3) is 0 Å². The van der Waals surface area contributed by atoms with Crippen LogP contribution in [0, 0.1) is 0 Å². The number of alkyl halides is 2. The van der Waals surface area contributed by atoms with Gasteiger partial charge in [-0.1, -0.05) is 59.6 Å². The van der Waals surface area contributed by atoms with Crippen molar-refractivity contribution in [1.29, 1.82) is 0 Å². The number of benzene rings is 5. The third-order valence-electron chi connectivity index (χ3n) is 8.92. The van der Waals surface area contributed by atoms with Gasteiger partial charge >= 0.3 is 0 Å². The van der Waals surface area contributed by atoms with Crippen LogP contribution in [0.4, 0.5) is 34.1 Å². The maximum atomic E-state index is 13.2. The molecule has 18 heteroatoms. The molecule has 5 aromatic rings. The first-order valence-corrected chi connectivity index (χ1v) is 20.6. The van der Waals surface area contributed by atoms with Crippen molar-refractivity contribution in [2.75, 3.05) is 33.0 Å². The Morgan fingerprint density at radius 2 is 0.887 bits per heavy atom. The van der Waals surface area contributed by atoms with Gasteiger partial charge in [-0.05, 0) is 111 Å². The number of hydrogen-bond donors (Lipinski definition) is 4. The molecule has 2 unspecified atom stereocenters. The van der Waals surface area contributed by atoms with E-state index in [0.717, 1.165) is 11.1 Å². The van der Waals surface area contributed by atoms with Gasteiger partial charge in [-0.25, -0.2) is 0 Å². The van der Waals surface area contributed by atoms with Gasteiger partial charge in [0.15, 0.2) is 11.6 Å². The van der Waals surface area contributed by atoms with Crippen LogP contribution >= 0.6 is 46.4 Å². The highest BCUT2D eigenvalue weighted by Gasteiger charge is 2.25. The molecule has 0 aromatic heterocycles. The molecule has 2 atom stereocenters. The molecular weight excluding hydrogens is 878 g/mol. The van der Waals surface area contributed by atoms with E-state index in [9.17, 15) is 28.8 Å². The van der Waals surface area contributed by atoms with E-state index in [2.05, 4.69) is 41.7 Å². The molecular formula is C44H38Cl4N8O6. The molecule has 0 saturated carbocycles. The molecule has 4 amide bonds. The van der Waals surface area contributed by atoms with Crippen LogP contribution in [0.15, 0.2) is 130 Å². The lowest BCUT2D eigenvalue weighted by Gasteiger charge is -2.12. The number of carbonyl (C=O) groups is 6. The second kappa shape index (κ2) is 22.5. The molecule has 318 valence electrons. The van der Waals surface area contributed by atoms with Crippen molar-refractivity contribution in [1.82, 2.24) is 0 Å². The van der Waals surface area contributed by atoms with Gasteiger partial charge < -0.3 is 21.3 Å². The fourth-order valence-corrected chi connectivity index (χ4v) is 6.43. The van der Waals surface area contributed by atoms with Crippen LogP contribution in [0.1, 0.15) is 45.7 Å². The number of Topliss-reactive ketones (excluding diaryl/α,β-unsaturated/α-hetero) is 2. The summed E-state index contributed by atoms with van der Waals surface area (Å²) in [6.45, 7) is 2.34. The Labute approximate surface area is 376 Å². The summed E-state index contributed by atoms with van der Waals surface area (Å²) in [6, 6.07) is 25.8. The Morgan fingerprint density at radius 1 is 0.516 bits per heavy atom. The first kappa shape index (κ1) is 46.7. The molecule has 0 saturated heterocycles. The average molecular weight is 917 g/mol. The highest BCUT2D eigenvalue weighted by molar-refractivity contribution is 6.33. The Hall–Kier alpha value is -6.32. The summed E-state index contributed by atoms with van der Waals surface area (Å²) in [7, 11) is 0. The number of rotatable bonds is 18. The van der Waals surface area contributed by atoms with Crippen LogP contribution in [-0.4, -0.2) is 59.0 Å². The van der Waals surface area contributed by atoms with E-state index >= 15 is 0 Å². The number of para-hydroxylation sites is 2. The molecule has 0 spiro atoms. The number of nitrogens with one attached hydrogen (secondary N) is 4. The zero-order chi connectivity index (χ0) is 44.8. The van der Waals surface area contributed by atoms with Crippen molar-refractivity contribution in [3.8, 4) is 0 Å². The van der Waals surface area contributed by atoms with Gasteiger partial charge in [0, 0.05) is 45.6 Å². The van der Waals surface area contributed by atoms with E-state index in [1.165, 1.54) is 74.5 Å². The number of aryl methyl sites for hydroxylation is 2. The summed E-state index contributed by atoms with van der Waals surface area (Å²) in [5, 5.41) is 27.0. The van der Waals surface area contributed by atoms with Gasteiger partial charge in [-0.3, -0.25) is 28.8 Å². The minimum atomic E-state index is -1.58. The van der Waals surface area contributed by atoms with Crippen LogP contribution in [0.2, 0.25) is 10.0 Å². The van der Waals surface area contributed by atoms with Gasteiger partial charge in [0.2, 0.25) is 12.1 Å². The van der Waals surface area contributed by atoms with Crippen molar-refractivity contribution in [2.45, 2.75) is 38.8 Å². The summed E-state index contributed by atoms with van der Waals surface area (Å²) in [6.07, 6.45) is 1.10. The Morgan fingerprint density at radius 3 is 1.24 bits per heavy atom. The van der Waals surface area contributed by atoms with Gasteiger partial charge in [0.25, 0.3) is 23.6 Å². The predicted molar refractivity (Wildman–Crippen MR) is 242 cm³/mol. The zero-order valence-electron chi connectivity index (χ0n) is 33.1. The molecule has 4 N–H and O–H groups in total. The molecule has 0 heterocycles. The summed E-state index contributed by atoms with van der Waals surface area (Å²) < 4.78 is 0. The van der Waals surface area contributed by atoms with Gasteiger partial charge in [-0.2, -0.15) is 20.5 Å². The fourth-order valence-electron chi connectivity index (χ4n) is 5.71. The quantitative estimate of drug-likeness (QED) is 0.0383. The summed E-state index contributed by atoms with van der Waals surface area (Å²) in [5.41, 5.74) is 3.89. The van der Waals surface area contributed by atoms with Crippen molar-refractivity contribution in [3.05, 3.63) is 141 Å². The lowest BCUT2D eigenvalue weighted by Crippen LogP contribution is -2.32. The summed E-state index contributed by atoms with van der Waals surface area (Å²) in [5.74, 6) is -3.02. The predicted octanol–water partition coefficient (Wildman–Crippen LogP) is 10.4. The normalized spacial score (nSPS) is 12.1. The minimum Gasteiger partial charge on any atom is -0.324 e. The third kappa shape index (κ3) is 12.8. The molecule has 0 bridgehead atoms. The summed E-state index contributed by atoms with van der Waals surface area (Å²) in [4.78, 5) is 77.5. The highest BCUT2D eigenvalue weighted by Crippen LogP contribution is 2.30. The third-order valence-corrected chi connectivity index (χ3v) is 9.94. The van der Waals surface area contributed by atoms with Crippen molar-refractivity contribution in [3.63, 3.8) is 0 Å². The first-order chi connectivity index (χ1) is 29.8. The van der Waals surface area contributed by atoms with Gasteiger partial charge in [0.05, 0.1) is 10.0 Å². The zero-order valence-corrected chi connectivity index (χ0v) is 36.1. The number of halogens is 4. The fraction of sp³-hybridized carbons (Fsp3) is 0.182. The van der Waals surface area contributed by atoms with Gasteiger partial charge in [-0.15, -0.1) is 23.2 Å². The topological polar surface area (TPSA) is 200 Å². The van der Waals surface area contributed by atoms with E-state index in [-0.39, 0.29) is 43.9 Å². The largest absolute Gasteiger partial charge is 0.324 e. The van der Waals surface area contributed by atoms with Crippen molar-refractivity contribution < 1.29 is 28.8 Å². The maximum absolute atomic E-state index is 13.2. The lowest BCUT2D eigenvalue weighted by molar-refractivity contribution is -0.127. The number of anilines is 4. The number of ketones is 2. The molecule has 0 aliphatic carbocycles. The molecule has 5 aromatic carbocycles. The second-order valence-corrected chi connectivity index (χ2v) is 15.0. The molecule has 0 fully saturated rings. The number of amides is 4. The molecule has 0 aliphatic heterocycles. The number of carbonyl (C=O) groups excluding carboxylic acids is 6. The average Bonchev–Trinajstić information content (AvgIpc) is 3.24. The van der Waals surface area contributed by atoms with E-state index in [0.29, 0.717) is 36.0 Å². The standard InChI is InChI=1S/C44H38Cl4N8O6/c1-25(57)39(55-53-37-23-29(11-17-33(37)47)41(59)51-35-9-5-3-7-27(35)19-21-45)43(61)49-31-13-15-32(16-14-31)50-44(62)40(26(2)58)56-54-38-24-30(12-18-34(38)48)42(60)52-36-10-6-4-8-28(36)20-22-46/h3-18,23-24,39-40H,19-22H2,1-2H3,(H,49,61)(H,50,62)(H,51,59)(H,52,60). The van der Waals surface area contributed by atoms with Crippen LogP contribution in [-0.2, 0) is 32.0 Å². The van der Waals surface area contributed by atoms with Crippen LogP contribution in [0.5, 0.6) is 0 Å². The Bertz CT molecular complexity index is 2380. The maximum Gasteiger partial charge on any atom is 0.258 e. The van der Waals surface area contributed by atoms with E-state index in [1.807, 2.05) is 24.3 Å².